The number of methoxy groups -OCH3 is 1. The highest BCUT2D eigenvalue weighted by atomic mass is 16.5. The highest BCUT2D eigenvalue weighted by molar-refractivity contribution is 5.54. The van der Waals surface area contributed by atoms with E-state index in [4.69, 9.17) is 10.5 Å². The van der Waals surface area contributed by atoms with Gasteiger partial charge in [0.2, 0.25) is 5.88 Å². The van der Waals surface area contributed by atoms with Crippen molar-refractivity contribution in [2.75, 3.05) is 25.1 Å². The van der Waals surface area contributed by atoms with Crippen molar-refractivity contribution in [3.63, 3.8) is 0 Å². The van der Waals surface area contributed by atoms with Crippen molar-refractivity contribution in [2.45, 2.75) is 25.3 Å². The molecule has 1 aromatic heterocycles. The number of aromatic nitrogens is 2. The number of ether oxygens (including phenoxy) is 1. The van der Waals surface area contributed by atoms with Gasteiger partial charge in [-0.05, 0) is 25.7 Å². The Morgan fingerprint density at radius 3 is 2.71 bits per heavy atom. The lowest BCUT2D eigenvalue weighted by Crippen LogP contribution is -2.69. The number of anilines is 1. The van der Waals surface area contributed by atoms with E-state index in [0.29, 0.717) is 5.88 Å². The Bertz CT molecular complexity index is 438. The summed E-state index contributed by atoms with van der Waals surface area (Å²) < 4.78 is 5.21. The molecule has 5 nitrogen and oxygen atoms in total. The van der Waals surface area contributed by atoms with Gasteiger partial charge in [0.1, 0.15) is 12.1 Å². The van der Waals surface area contributed by atoms with Crippen LogP contribution >= 0.6 is 0 Å². The molecule has 0 atom stereocenters. The molecule has 0 aromatic carbocycles. The van der Waals surface area contributed by atoms with Crippen molar-refractivity contribution in [1.82, 2.24) is 9.97 Å². The van der Waals surface area contributed by atoms with Crippen LogP contribution in [-0.4, -0.2) is 35.7 Å². The Kier molecular flexibility index (Phi) is 2.26. The quantitative estimate of drug-likeness (QED) is 0.835. The predicted octanol–water partition coefficient (Wildman–Crippen LogP) is 0.721. The number of rotatable bonds is 3. The fourth-order valence-corrected chi connectivity index (χ4v) is 2.68. The molecule has 1 aliphatic carbocycles. The third-order valence-corrected chi connectivity index (χ3v) is 3.86. The van der Waals surface area contributed by atoms with Gasteiger partial charge in [-0.1, -0.05) is 0 Å². The monoisotopic (exact) mass is 234 g/mol. The zero-order chi connectivity index (χ0) is 12.0. The van der Waals surface area contributed by atoms with E-state index in [-0.39, 0.29) is 5.54 Å². The van der Waals surface area contributed by atoms with E-state index in [1.54, 1.807) is 13.4 Å². The molecule has 1 aromatic rings. The highest BCUT2D eigenvalue weighted by Crippen LogP contribution is 2.44. The zero-order valence-corrected chi connectivity index (χ0v) is 10.3. The van der Waals surface area contributed by atoms with Crippen LogP contribution in [-0.2, 0) is 0 Å². The molecule has 0 unspecified atom stereocenters. The molecular formula is C12H18N4O. The van der Waals surface area contributed by atoms with Crippen LogP contribution in [0.5, 0.6) is 5.88 Å². The van der Waals surface area contributed by atoms with Crippen molar-refractivity contribution in [3.05, 3.63) is 11.9 Å². The lowest BCUT2D eigenvalue weighted by Gasteiger charge is -2.49. The van der Waals surface area contributed by atoms with Gasteiger partial charge in [0.15, 0.2) is 0 Å². The maximum absolute atomic E-state index is 6.34. The number of nitrogens with zero attached hydrogens (tertiary/aromatic N) is 3. The smallest absolute Gasteiger partial charge is 0.221 e. The Hall–Kier alpha value is -1.36. The van der Waals surface area contributed by atoms with Gasteiger partial charge in [-0.3, -0.25) is 0 Å². The van der Waals surface area contributed by atoms with Crippen LogP contribution in [0.15, 0.2) is 6.33 Å². The zero-order valence-electron chi connectivity index (χ0n) is 10.3. The predicted molar refractivity (Wildman–Crippen MR) is 65.2 cm³/mol. The van der Waals surface area contributed by atoms with Crippen LogP contribution in [0.1, 0.15) is 18.4 Å². The van der Waals surface area contributed by atoms with Gasteiger partial charge in [-0.25, -0.2) is 9.97 Å². The van der Waals surface area contributed by atoms with Crippen LogP contribution < -0.4 is 15.4 Å². The molecule has 3 rings (SSSR count). The lowest BCUT2D eigenvalue weighted by molar-refractivity contribution is 0.288. The van der Waals surface area contributed by atoms with Gasteiger partial charge in [0.25, 0.3) is 0 Å². The van der Waals surface area contributed by atoms with Crippen LogP contribution in [0.2, 0.25) is 0 Å². The molecule has 1 saturated carbocycles. The average molecular weight is 234 g/mol. The molecule has 0 bridgehead atoms. The summed E-state index contributed by atoms with van der Waals surface area (Å²) in [6.45, 7) is 3.79. The fourth-order valence-electron chi connectivity index (χ4n) is 2.68. The van der Waals surface area contributed by atoms with Gasteiger partial charge in [0, 0.05) is 13.1 Å². The molecule has 1 aliphatic heterocycles. The number of hydrogen-bond acceptors (Lipinski definition) is 5. The minimum atomic E-state index is 0.0185. The first-order valence-electron chi connectivity index (χ1n) is 6.03. The SMILES string of the molecule is COc1ncnc(N2CC(N)(C3CC3)C2)c1C. The van der Waals surface area contributed by atoms with E-state index in [1.807, 2.05) is 6.92 Å². The summed E-state index contributed by atoms with van der Waals surface area (Å²) >= 11 is 0. The fraction of sp³-hybridized carbons (Fsp3) is 0.667. The number of nitrogens with two attached hydrogens (primary N) is 1. The molecule has 1 saturated heterocycles. The minimum absolute atomic E-state index is 0.0185. The van der Waals surface area contributed by atoms with E-state index in [1.165, 1.54) is 12.8 Å². The van der Waals surface area contributed by atoms with Gasteiger partial charge in [0.05, 0.1) is 18.2 Å². The summed E-state index contributed by atoms with van der Waals surface area (Å²) in [4.78, 5) is 10.6. The summed E-state index contributed by atoms with van der Waals surface area (Å²) in [5.41, 5.74) is 7.35. The van der Waals surface area contributed by atoms with Crippen molar-refractivity contribution in [1.29, 1.82) is 0 Å². The summed E-state index contributed by atoms with van der Waals surface area (Å²) in [6, 6.07) is 0. The first kappa shape index (κ1) is 10.8. The second-order valence-corrected chi connectivity index (χ2v) is 5.20. The Labute approximate surface area is 101 Å². The summed E-state index contributed by atoms with van der Waals surface area (Å²) in [7, 11) is 1.63. The van der Waals surface area contributed by atoms with Crippen LogP contribution in [0.3, 0.4) is 0 Å². The maximum Gasteiger partial charge on any atom is 0.221 e. The second-order valence-electron chi connectivity index (χ2n) is 5.20. The number of hydrogen-bond donors (Lipinski definition) is 1. The first-order chi connectivity index (χ1) is 8.14. The standard InChI is InChI=1S/C12H18N4O/c1-8-10(14-7-15-11(8)17-2)16-5-12(13,6-16)9-3-4-9/h7,9H,3-6,13H2,1-2H3. The summed E-state index contributed by atoms with van der Waals surface area (Å²) in [5, 5.41) is 0. The van der Waals surface area contributed by atoms with E-state index in [2.05, 4.69) is 14.9 Å². The minimum Gasteiger partial charge on any atom is -0.481 e. The summed E-state index contributed by atoms with van der Waals surface area (Å²) in [5.74, 6) is 2.33. The normalized spacial score (nSPS) is 22.2. The van der Waals surface area contributed by atoms with Crippen molar-refractivity contribution in [2.24, 2.45) is 11.7 Å². The van der Waals surface area contributed by atoms with E-state index in [0.717, 1.165) is 30.4 Å². The molecule has 0 radical (unpaired) electrons. The molecule has 2 fully saturated rings. The third-order valence-electron chi connectivity index (χ3n) is 3.86. The third kappa shape index (κ3) is 1.65. The first-order valence-corrected chi connectivity index (χ1v) is 6.03. The molecular weight excluding hydrogens is 216 g/mol. The Morgan fingerprint density at radius 2 is 2.12 bits per heavy atom. The molecule has 0 spiro atoms. The van der Waals surface area contributed by atoms with E-state index >= 15 is 0 Å². The van der Waals surface area contributed by atoms with Gasteiger partial charge >= 0.3 is 0 Å². The molecule has 2 aliphatic rings. The van der Waals surface area contributed by atoms with Crippen LogP contribution in [0.4, 0.5) is 5.82 Å². The molecule has 0 amide bonds. The van der Waals surface area contributed by atoms with E-state index < -0.39 is 0 Å². The molecule has 92 valence electrons. The highest BCUT2D eigenvalue weighted by Gasteiger charge is 2.51. The Morgan fingerprint density at radius 1 is 1.41 bits per heavy atom. The molecule has 17 heavy (non-hydrogen) atoms. The summed E-state index contributed by atoms with van der Waals surface area (Å²) in [6.07, 6.45) is 4.13. The van der Waals surface area contributed by atoms with Gasteiger partial charge in [-0.15, -0.1) is 0 Å². The van der Waals surface area contributed by atoms with Gasteiger partial charge < -0.3 is 15.4 Å². The molecule has 2 N–H and O–H groups in total. The maximum atomic E-state index is 6.34. The average Bonchev–Trinajstić information content (AvgIpc) is 3.09. The lowest BCUT2D eigenvalue weighted by atomic mass is 9.85. The topological polar surface area (TPSA) is 64.3 Å². The van der Waals surface area contributed by atoms with Crippen molar-refractivity contribution in [3.8, 4) is 5.88 Å². The van der Waals surface area contributed by atoms with Gasteiger partial charge in [-0.2, -0.15) is 0 Å². The molecule has 2 heterocycles. The van der Waals surface area contributed by atoms with Crippen LogP contribution in [0.25, 0.3) is 0 Å². The largest absolute Gasteiger partial charge is 0.481 e. The second kappa shape index (κ2) is 3.57. The van der Waals surface area contributed by atoms with Crippen LogP contribution in [0, 0.1) is 12.8 Å². The van der Waals surface area contributed by atoms with Crippen molar-refractivity contribution >= 4 is 5.82 Å². The van der Waals surface area contributed by atoms with E-state index in [9.17, 15) is 0 Å². The van der Waals surface area contributed by atoms with Crippen molar-refractivity contribution < 1.29 is 4.74 Å². The Balaban J connectivity index is 1.78. The molecule has 5 heteroatoms.